The fourth-order valence-corrected chi connectivity index (χ4v) is 3.87. The highest BCUT2D eigenvalue weighted by molar-refractivity contribution is 7.94. The van der Waals surface area contributed by atoms with Gasteiger partial charge in [-0.2, -0.15) is 35.1 Å². The van der Waals surface area contributed by atoms with Crippen LogP contribution in [0.25, 0.3) is 0 Å². The van der Waals surface area contributed by atoms with Gasteiger partial charge in [0.15, 0.2) is 14.9 Å². The van der Waals surface area contributed by atoms with Crippen molar-refractivity contribution in [1.82, 2.24) is 0 Å². The lowest BCUT2D eigenvalue weighted by molar-refractivity contribution is -0.282. The second-order valence-corrected chi connectivity index (χ2v) is 7.42. The van der Waals surface area contributed by atoms with Gasteiger partial charge in [-0.25, -0.2) is 8.42 Å². The zero-order valence-electron chi connectivity index (χ0n) is 12.2. The van der Waals surface area contributed by atoms with Gasteiger partial charge >= 0.3 is 18.3 Å². The van der Waals surface area contributed by atoms with Gasteiger partial charge < -0.3 is 4.74 Å². The van der Waals surface area contributed by atoms with Gasteiger partial charge in [0.05, 0.1) is 12.4 Å². The molecule has 3 nitrogen and oxygen atoms in total. The minimum atomic E-state index is -5.97. The maximum Gasteiger partial charge on any atom is 0.453 e. The Kier molecular flexibility index (Phi) is 7.86. The number of hydrogen-bond acceptors (Lipinski definition) is 4. The quantitative estimate of drug-likeness (QED) is 0.447. The summed E-state index contributed by atoms with van der Waals surface area (Å²) < 4.78 is 127. The van der Waals surface area contributed by atoms with Crippen LogP contribution >= 0.6 is 12.2 Å². The van der Waals surface area contributed by atoms with Crippen LogP contribution < -0.4 is 0 Å². The molecule has 0 aliphatic rings. The van der Waals surface area contributed by atoms with Crippen LogP contribution in [0.4, 0.5) is 35.1 Å². The lowest BCUT2D eigenvalue weighted by atomic mass is 10.2. The minimum absolute atomic E-state index is 0.199. The second kappa shape index (κ2) is 8.11. The Labute approximate surface area is 138 Å². The summed E-state index contributed by atoms with van der Waals surface area (Å²) in [4.78, 5) is 0. The van der Waals surface area contributed by atoms with Gasteiger partial charge in [-0.05, 0) is 25.6 Å². The van der Waals surface area contributed by atoms with Gasteiger partial charge in [-0.1, -0.05) is 0 Å². The first-order valence-corrected chi connectivity index (χ1v) is 8.55. The van der Waals surface area contributed by atoms with Gasteiger partial charge in [0, 0.05) is 12.8 Å². The topological polar surface area (TPSA) is 43.4 Å². The summed E-state index contributed by atoms with van der Waals surface area (Å²) in [5.41, 5.74) is 0. The molecule has 0 rings (SSSR count). The number of halogens is 8. The third kappa shape index (κ3) is 7.45. The van der Waals surface area contributed by atoms with E-state index in [4.69, 9.17) is 0 Å². The monoisotopic (exact) mass is 410 g/mol. The molecule has 0 aliphatic carbocycles. The van der Waals surface area contributed by atoms with E-state index in [1.807, 2.05) is 0 Å². The Morgan fingerprint density at radius 2 is 1.54 bits per heavy atom. The highest BCUT2D eigenvalue weighted by Gasteiger charge is 2.57. The lowest BCUT2D eigenvalue weighted by Crippen LogP contribution is -2.40. The SMILES string of the molecule is CCOC(=S)C(CCC(F)(F)F)S(=O)(=O)CCC(F)(F)C(F)(F)F. The molecule has 0 heterocycles. The molecule has 0 N–H and O–H groups in total. The van der Waals surface area contributed by atoms with E-state index in [2.05, 4.69) is 17.0 Å². The molecule has 0 aromatic rings. The van der Waals surface area contributed by atoms with Crippen molar-refractivity contribution < 1.29 is 48.3 Å². The van der Waals surface area contributed by atoms with Crippen LogP contribution in [0.2, 0.25) is 0 Å². The van der Waals surface area contributed by atoms with Gasteiger partial charge in [-0.15, -0.1) is 0 Å². The molecule has 0 spiro atoms. The minimum Gasteiger partial charge on any atom is -0.486 e. The summed E-state index contributed by atoms with van der Waals surface area (Å²) in [5, 5.41) is -2.89. The van der Waals surface area contributed by atoms with E-state index >= 15 is 0 Å². The Balaban J connectivity index is 5.26. The largest absolute Gasteiger partial charge is 0.486 e. The van der Waals surface area contributed by atoms with Crippen molar-refractivity contribution in [2.45, 2.75) is 49.7 Å². The summed E-state index contributed by atoms with van der Waals surface area (Å²) in [6, 6.07) is 0. The summed E-state index contributed by atoms with van der Waals surface area (Å²) >= 11 is 4.51. The molecular weight excluding hydrogens is 396 g/mol. The number of hydrogen-bond donors (Lipinski definition) is 0. The summed E-state index contributed by atoms with van der Waals surface area (Å²) in [6.07, 6.45) is -15.6. The predicted molar refractivity (Wildman–Crippen MR) is 72.7 cm³/mol. The molecule has 0 aliphatic heterocycles. The van der Waals surface area contributed by atoms with Gasteiger partial charge in [-0.3, -0.25) is 0 Å². The second-order valence-electron chi connectivity index (χ2n) is 4.71. The number of alkyl halides is 8. The number of sulfone groups is 1. The van der Waals surface area contributed by atoms with Crippen molar-refractivity contribution in [2.75, 3.05) is 12.4 Å². The molecule has 24 heavy (non-hydrogen) atoms. The van der Waals surface area contributed by atoms with E-state index in [0.29, 0.717) is 0 Å². The zero-order valence-corrected chi connectivity index (χ0v) is 13.8. The highest BCUT2D eigenvalue weighted by Crippen LogP contribution is 2.38. The molecule has 0 saturated heterocycles. The Morgan fingerprint density at radius 3 is 1.92 bits per heavy atom. The average molecular weight is 410 g/mol. The van der Waals surface area contributed by atoms with E-state index in [1.165, 1.54) is 6.92 Å². The van der Waals surface area contributed by atoms with Crippen molar-refractivity contribution >= 4 is 27.1 Å². The van der Waals surface area contributed by atoms with Crippen LogP contribution in [0.5, 0.6) is 0 Å². The molecular formula is C11H14F8O3S2. The molecule has 0 amide bonds. The fourth-order valence-electron chi connectivity index (χ4n) is 1.53. The van der Waals surface area contributed by atoms with Crippen molar-refractivity contribution in [3.8, 4) is 0 Å². The van der Waals surface area contributed by atoms with Crippen LogP contribution in [-0.4, -0.2) is 49.4 Å². The number of ether oxygens (including phenoxy) is 1. The molecule has 0 aromatic heterocycles. The van der Waals surface area contributed by atoms with Crippen molar-refractivity contribution in [3.05, 3.63) is 0 Å². The van der Waals surface area contributed by atoms with Crippen molar-refractivity contribution in [3.63, 3.8) is 0 Å². The Bertz CT molecular complexity index is 524. The molecule has 13 heteroatoms. The molecule has 0 aromatic carbocycles. The van der Waals surface area contributed by atoms with E-state index in [-0.39, 0.29) is 6.61 Å². The number of rotatable bonds is 8. The van der Waals surface area contributed by atoms with Crippen LogP contribution in [0.15, 0.2) is 0 Å². The normalized spacial score (nSPS) is 15.2. The van der Waals surface area contributed by atoms with Gasteiger partial charge in [0.2, 0.25) is 0 Å². The van der Waals surface area contributed by atoms with E-state index in [1.54, 1.807) is 0 Å². The summed E-state index contributed by atoms with van der Waals surface area (Å²) in [5.74, 6) is -6.98. The van der Waals surface area contributed by atoms with Crippen molar-refractivity contribution in [1.29, 1.82) is 0 Å². The standard InChI is InChI=1S/C11H14F8O3S2/c1-2-22-8(23)7(3-4-10(14,15)16)24(20,21)6-5-9(12,13)11(17,18)19/h7H,2-6H2,1H3. The van der Waals surface area contributed by atoms with Crippen LogP contribution in [0, 0.1) is 0 Å². The molecule has 1 atom stereocenters. The molecule has 0 bridgehead atoms. The Hall–Kier alpha value is -0.720. The van der Waals surface area contributed by atoms with E-state index in [0.717, 1.165) is 0 Å². The van der Waals surface area contributed by atoms with E-state index < -0.39 is 63.4 Å². The van der Waals surface area contributed by atoms with E-state index in [9.17, 15) is 43.5 Å². The fraction of sp³-hybridized carbons (Fsp3) is 0.909. The lowest BCUT2D eigenvalue weighted by Gasteiger charge is -2.22. The van der Waals surface area contributed by atoms with Crippen LogP contribution in [-0.2, 0) is 14.6 Å². The first-order chi connectivity index (χ1) is 10.5. The number of thiocarbonyl (C=S) groups is 1. The van der Waals surface area contributed by atoms with Crippen LogP contribution in [0.3, 0.4) is 0 Å². The average Bonchev–Trinajstić information content (AvgIpc) is 2.34. The Morgan fingerprint density at radius 1 is 1.04 bits per heavy atom. The third-order valence-electron chi connectivity index (χ3n) is 2.79. The predicted octanol–water partition coefficient (Wildman–Crippen LogP) is 4.06. The maximum absolute atomic E-state index is 12.8. The molecule has 0 fully saturated rings. The summed E-state index contributed by atoms with van der Waals surface area (Å²) in [7, 11) is -4.81. The smallest absolute Gasteiger partial charge is 0.453 e. The molecule has 1 unspecified atom stereocenters. The summed E-state index contributed by atoms with van der Waals surface area (Å²) in [6.45, 7) is 1.15. The molecule has 144 valence electrons. The highest BCUT2D eigenvalue weighted by atomic mass is 32.2. The van der Waals surface area contributed by atoms with Crippen LogP contribution in [0.1, 0.15) is 26.2 Å². The molecule has 0 saturated carbocycles. The first kappa shape index (κ1) is 23.3. The molecule has 0 radical (unpaired) electrons. The van der Waals surface area contributed by atoms with Gasteiger partial charge in [0.1, 0.15) is 5.25 Å². The third-order valence-corrected chi connectivity index (χ3v) is 5.43. The zero-order chi connectivity index (χ0) is 19.4. The van der Waals surface area contributed by atoms with Crippen molar-refractivity contribution in [2.24, 2.45) is 0 Å². The first-order valence-electron chi connectivity index (χ1n) is 6.43. The van der Waals surface area contributed by atoms with Gasteiger partial charge in [0.25, 0.3) is 0 Å². The maximum atomic E-state index is 12.8.